The van der Waals surface area contributed by atoms with Crippen LogP contribution in [0.2, 0.25) is 0 Å². The van der Waals surface area contributed by atoms with Crippen LogP contribution >= 0.6 is 0 Å². The molecule has 8 heteroatoms. The first-order valence-corrected chi connectivity index (χ1v) is 9.40. The fourth-order valence-electron chi connectivity index (χ4n) is 3.24. The van der Waals surface area contributed by atoms with Gasteiger partial charge in [0.2, 0.25) is 0 Å². The summed E-state index contributed by atoms with van der Waals surface area (Å²) in [7, 11) is 3.11. The number of rotatable bonds is 8. The van der Waals surface area contributed by atoms with Gasteiger partial charge in [0.15, 0.2) is 0 Å². The summed E-state index contributed by atoms with van der Waals surface area (Å²) in [6, 6.07) is 11.5. The molecule has 0 saturated carbocycles. The second-order valence-corrected chi connectivity index (χ2v) is 6.63. The van der Waals surface area contributed by atoms with Crippen molar-refractivity contribution in [3.8, 4) is 17.2 Å². The minimum atomic E-state index is -0.434. The van der Waals surface area contributed by atoms with Gasteiger partial charge in [-0.2, -0.15) is 5.10 Å². The normalized spacial score (nSPS) is 10.7. The SMILES string of the molecule is COc1ccc(OC)c(CN(CCO)C(=O)c2cnn(-c3ccccc3F)c2C)c1. The van der Waals surface area contributed by atoms with E-state index in [1.165, 1.54) is 21.8 Å². The smallest absolute Gasteiger partial charge is 0.257 e. The Morgan fingerprint density at radius 1 is 1.20 bits per heavy atom. The Morgan fingerprint density at radius 2 is 1.97 bits per heavy atom. The standard InChI is InChI=1S/C22H24FN3O4/c1-15-18(13-24-26(15)20-7-5-4-6-19(20)23)22(28)25(10-11-27)14-16-12-17(29-2)8-9-21(16)30-3/h4-9,12-13,27H,10-11,14H2,1-3H3. The van der Waals surface area contributed by atoms with E-state index in [-0.39, 0.29) is 31.3 Å². The highest BCUT2D eigenvalue weighted by Gasteiger charge is 2.23. The Hall–Kier alpha value is -3.39. The predicted molar refractivity (Wildman–Crippen MR) is 110 cm³/mol. The second kappa shape index (κ2) is 9.41. The second-order valence-electron chi connectivity index (χ2n) is 6.63. The topological polar surface area (TPSA) is 76.8 Å². The fourth-order valence-corrected chi connectivity index (χ4v) is 3.24. The molecule has 1 amide bonds. The maximum Gasteiger partial charge on any atom is 0.257 e. The van der Waals surface area contributed by atoms with Crippen LogP contribution in [-0.4, -0.2) is 53.1 Å². The first-order chi connectivity index (χ1) is 14.5. The number of carbonyl (C=O) groups excluding carboxylic acids is 1. The monoisotopic (exact) mass is 413 g/mol. The van der Waals surface area contributed by atoms with Gasteiger partial charge in [0, 0.05) is 18.7 Å². The number of amides is 1. The molecule has 1 heterocycles. The summed E-state index contributed by atoms with van der Waals surface area (Å²) in [6.45, 7) is 1.81. The van der Waals surface area contributed by atoms with Crippen LogP contribution in [0.5, 0.6) is 11.5 Å². The van der Waals surface area contributed by atoms with Gasteiger partial charge in [-0.25, -0.2) is 9.07 Å². The number of hydrogen-bond acceptors (Lipinski definition) is 5. The number of aliphatic hydroxyl groups excluding tert-OH is 1. The predicted octanol–water partition coefficient (Wildman–Crippen LogP) is 2.97. The molecule has 30 heavy (non-hydrogen) atoms. The lowest BCUT2D eigenvalue weighted by atomic mass is 10.1. The van der Waals surface area contributed by atoms with Crippen LogP contribution in [0.4, 0.5) is 4.39 Å². The number of aromatic nitrogens is 2. The van der Waals surface area contributed by atoms with Crippen LogP contribution in [0.1, 0.15) is 21.6 Å². The highest BCUT2D eigenvalue weighted by Crippen LogP contribution is 2.26. The molecule has 0 radical (unpaired) electrons. The quantitative estimate of drug-likeness (QED) is 0.614. The van der Waals surface area contributed by atoms with E-state index in [9.17, 15) is 14.3 Å². The number of halogens is 1. The Bertz CT molecular complexity index is 1030. The Labute approximate surface area is 174 Å². The number of carbonyl (C=O) groups is 1. The molecule has 0 fully saturated rings. The molecule has 0 aliphatic rings. The Kier molecular flexibility index (Phi) is 6.68. The van der Waals surface area contributed by atoms with E-state index in [4.69, 9.17) is 9.47 Å². The van der Waals surface area contributed by atoms with Crippen molar-refractivity contribution in [1.82, 2.24) is 14.7 Å². The molecule has 2 aromatic carbocycles. The average Bonchev–Trinajstić information content (AvgIpc) is 3.14. The molecule has 0 saturated heterocycles. The summed E-state index contributed by atoms with van der Waals surface area (Å²) < 4.78 is 26.2. The first kappa shape index (κ1) is 21.3. The Balaban J connectivity index is 1.93. The zero-order chi connectivity index (χ0) is 21.7. The zero-order valence-electron chi connectivity index (χ0n) is 17.1. The van der Waals surface area contributed by atoms with Gasteiger partial charge in [0.1, 0.15) is 23.0 Å². The van der Waals surface area contributed by atoms with Crippen LogP contribution in [0.25, 0.3) is 5.69 Å². The lowest BCUT2D eigenvalue weighted by Gasteiger charge is -2.23. The Morgan fingerprint density at radius 3 is 2.63 bits per heavy atom. The highest BCUT2D eigenvalue weighted by atomic mass is 19.1. The minimum Gasteiger partial charge on any atom is -0.497 e. The molecule has 3 aromatic rings. The van der Waals surface area contributed by atoms with E-state index in [1.54, 1.807) is 57.5 Å². The molecular weight excluding hydrogens is 389 g/mol. The number of hydrogen-bond donors (Lipinski definition) is 1. The maximum atomic E-state index is 14.2. The van der Waals surface area contributed by atoms with E-state index in [2.05, 4.69) is 5.10 Å². The van der Waals surface area contributed by atoms with Gasteiger partial charge in [-0.05, 0) is 37.3 Å². The molecule has 0 aliphatic carbocycles. The highest BCUT2D eigenvalue weighted by molar-refractivity contribution is 5.95. The summed E-state index contributed by atoms with van der Waals surface area (Å²) in [5.74, 6) is 0.473. The first-order valence-electron chi connectivity index (χ1n) is 9.40. The maximum absolute atomic E-state index is 14.2. The van der Waals surface area contributed by atoms with Crippen molar-refractivity contribution in [2.45, 2.75) is 13.5 Å². The molecule has 0 bridgehead atoms. The summed E-state index contributed by atoms with van der Waals surface area (Å²) in [5.41, 5.74) is 1.83. The zero-order valence-corrected chi connectivity index (χ0v) is 17.1. The summed E-state index contributed by atoms with van der Waals surface area (Å²) in [6.07, 6.45) is 1.41. The third kappa shape index (κ3) is 4.28. The van der Waals surface area contributed by atoms with E-state index in [0.29, 0.717) is 22.8 Å². The van der Waals surface area contributed by atoms with Crippen molar-refractivity contribution in [2.75, 3.05) is 27.4 Å². The van der Waals surface area contributed by atoms with Gasteiger partial charge in [-0.15, -0.1) is 0 Å². The molecule has 0 atom stereocenters. The third-order valence-corrected chi connectivity index (χ3v) is 4.83. The average molecular weight is 413 g/mol. The summed E-state index contributed by atoms with van der Waals surface area (Å²) in [4.78, 5) is 14.7. The number of para-hydroxylation sites is 1. The summed E-state index contributed by atoms with van der Waals surface area (Å²) >= 11 is 0. The van der Waals surface area contributed by atoms with Crippen molar-refractivity contribution in [3.05, 3.63) is 71.3 Å². The number of nitrogens with zero attached hydrogens (tertiary/aromatic N) is 3. The molecule has 0 aliphatic heterocycles. The van der Waals surface area contributed by atoms with Gasteiger partial charge < -0.3 is 19.5 Å². The van der Waals surface area contributed by atoms with Crippen LogP contribution in [0.15, 0.2) is 48.7 Å². The fraction of sp³-hybridized carbons (Fsp3) is 0.273. The van der Waals surface area contributed by atoms with E-state index < -0.39 is 5.82 Å². The van der Waals surface area contributed by atoms with Crippen molar-refractivity contribution in [3.63, 3.8) is 0 Å². The number of benzene rings is 2. The molecule has 0 unspecified atom stereocenters. The van der Waals surface area contributed by atoms with Crippen LogP contribution in [0, 0.1) is 12.7 Å². The summed E-state index contributed by atoms with van der Waals surface area (Å²) in [5, 5.41) is 13.7. The van der Waals surface area contributed by atoms with Crippen LogP contribution < -0.4 is 9.47 Å². The van der Waals surface area contributed by atoms with Gasteiger partial charge in [0.05, 0.1) is 38.3 Å². The van der Waals surface area contributed by atoms with Gasteiger partial charge in [-0.3, -0.25) is 4.79 Å². The molecule has 1 aromatic heterocycles. The van der Waals surface area contributed by atoms with Gasteiger partial charge in [0.25, 0.3) is 5.91 Å². The minimum absolute atomic E-state index is 0.115. The third-order valence-electron chi connectivity index (χ3n) is 4.83. The van der Waals surface area contributed by atoms with Crippen molar-refractivity contribution < 1.29 is 23.8 Å². The van der Waals surface area contributed by atoms with E-state index >= 15 is 0 Å². The van der Waals surface area contributed by atoms with Gasteiger partial charge in [-0.1, -0.05) is 12.1 Å². The molecule has 3 rings (SSSR count). The van der Waals surface area contributed by atoms with Crippen molar-refractivity contribution >= 4 is 5.91 Å². The molecule has 1 N–H and O–H groups in total. The van der Waals surface area contributed by atoms with Crippen molar-refractivity contribution in [2.24, 2.45) is 0 Å². The number of methoxy groups -OCH3 is 2. The lowest BCUT2D eigenvalue weighted by molar-refractivity contribution is 0.0705. The van der Waals surface area contributed by atoms with Crippen LogP contribution in [-0.2, 0) is 6.54 Å². The number of aliphatic hydroxyl groups is 1. The molecule has 7 nitrogen and oxygen atoms in total. The molecule has 158 valence electrons. The lowest BCUT2D eigenvalue weighted by Crippen LogP contribution is -2.33. The molecular formula is C22H24FN3O4. The van der Waals surface area contributed by atoms with E-state index in [0.717, 1.165) is 5.56 Å². The molecule has 0 spiro atoms. The van der Waals surface area contributed by atoms with Gasteiger partial charge >= 0.3 is 0 Å². The van der Waals surface area contributed by atoms with Crippen LogP contribution in [0.3, 0.4) is 0 Å². The van der Waals surface area contributed by atoms with E-state index in [1.807, 2.05) is 0 Å². The number of ether oxygens (including phenoxy) is 2. The van der Waals surface area contributed by atoms with Crippen molar-refractivity contribution in [1.29, 1.82) is 0 Å². The largest absolute Gasteiger partial charge is 0.497 e.